The summed E-state index contributed by atoms with van der Waals surface area (Å²) >= 11 is 1.62. The van der Waals surface area contributed by atoms with E-state index in [4.69, 9.17) is 9.78 Å². The van der Waals surface area contributed by atoms with E-state index in [-0.39, 0.29) is 5.91 Å². The minimum Gasteiger partial charge on any atom is -0.337 e. The Hall–Kier alpha value is -3.50. The fraction of sp³-hybridized carbons (Fsp3) is 0.182. The number of rotatable bonds is 4. The van der Waals surface area contributed by atoms with Gasteiger partial charge in [-0.2, -0.15) is 5.26 Å². The molecule has 0 bridgehead atoms. The number of carbonyl (C=O) groups is 1. The van der Waals surface area contributed by atoms with Gasteiger partial charge in [-0.1, -0.05) is 17.3 Å². The number of aromatic nitrogens is 2. The highest BCUT2D eigenvalue weighted by Crippen LogP contribution is 2.31. The Morgan fingerprint density at radius 1 is 1.21 bits per heavy atom. The Bertz CT molecular complexity index is 1250. The fourth-order valence-corrected chi connectivity index (χ4v) is 4.03. The number of amides is 1. The number of nitrogens with zero attached hydrogens (tertiary/aromatic N) is 4. The topological polar surface area (TPSA) is 83.0 Å². The third kappa shape index (κ3) is 3.62. The van der Waals surface area contributed by atoms with Crippen LogP contribution >= 0.6 is 11.3 Å². The normalized spacial score (nSPS) is 10.8. The largest absolute Gasteiger partial charge is 0.337 e. The molecule has 144 valence electrons. The molecule has 4 aromatic rings. The number of carbonyl (C=O) groups excluding carboxylic acids is 1. The molecule has 7 heteroatoms. The second kappa shape index (κ2) is 7.49. The number of benzene rings is 1. The molecule has 3 aromatic heterocycles. The first-order valence-corrected chi connectivity index (χ1v) is 9.86. The second-order valence-electron chi connectivity index (χ2n) is 6.88. The van der Waals surface area contributed by atoms with Gasteiger partial charge in [0, 0.05) is 18.5 Å². The minimum atomic E-state index is -0.136. The van der Waals surface area contributed by atoms with Gasteiger partial charge >= 0.3 is 0 Å². The number of aryl methyl sites for hydroxylation is 2. The Morgan fingerprint density at radius 3 is 2.62 bits per heavy atom. The van der Waals surface area contributed by atoms with Crippen LogP contribution in [-0.2, 0) is 6.54 Å². The van der Waals surface area contributed by atoms with Crippen molar-refractivity contribution in [1.82, 2.24) is 15.0 Å². The molecule has 0 atom stereocenters. The van der Waals surface area contributed by atoms with Gasteiger partial charge in [0.1, 0.15) is 0 Å². The molecule has 0 saturated carbocycles. The van der Waals surface area contributed by atoms with Crippen molar-refractivity contribution >= 4 is 28.3 Å². The summed E-state index contributed by atoms with van der Waals surface area (Å²) in [4.78, 5) is 21.7. The molecule has 0 fully saturated rings. The molecule has 0 unspecified atom stereocenters. The highest BCUT2D eigenvalue weighted by molar-refractivity contribution is 7.15. The number of thiophene rings is 1. The molecule has 0 aliphatic carbocycles. The third-order valence-corrected chi connectivity index (χ3v) is 5.71. The van der Waals surface area contributed by atoms with Crippen LogP contribution in [0.3, 0.4) is 0 Å². The van der Waals surface area contributed by atoms with E-state index in [9.17, 15) is 4.79 Å². The number of hydrogen-bond donors (Lipinski definition) is 0. The number of hydrogen-bond acceptors (Lipinski definition) is 6. The zero-order valence-corrected chi connectivity index (χ0v) is 17.1. The maximum absolute atomic E-state index is 13.3. The smallest absolute Gasteiger partial charge is 0.259 e. The van der Waals surface area contributed by atoms with Crippen LogP contribution < -0.4 is 0 Å². The molecule has 4 rings (SSSR count). The fourth-order valence-electron chi connectivity index (χ4n) is 3.20. The van der Waals surface area contributed by atoms with Crippen molar-refractivity contribution in [3.63, 3.8) is 0 Å². The highest BCUT2D eigenvalue weighted by atomic mass is 32.1. The number of pyridine rings is 1. The average molecular weight is 402 g/mol. The Labute approximate surface area is 172 Å². The maximum Gasteiger partial charge on any atom is 0.259 e. The van der Waals surface area contributed by atoms with Crippen LogP contribution in [0.1, 0.15) is 32.1 Å². The zero-order valence-electron chi connectivity index (χ0n) is 16.3. The van der Waals surface area contributed by atoms with E-state index in [1.165, 1.54) is 4.88 Å². The van der Waals surface area contributed by atoms with E-state index in [1.807, 2.05) is 37.3 Å². The molecule has 0 N–H and O–H groups in total. The van der Waals surface area contributed by atoms with Crippen molar-refractivity contribution in [1.29, 1.82) is 5.26 Å². The summed E-state index contributed by atoms with van der Waals surface area (Å²) in [6, 6.07) is 15.1. The number of nitriles is 1. The lowest BCUT2D eigenvalue weighted by atomic mass is 10.1. The third-order valence-electron chi connectivity index (χ3n) is 4.69. The molecule has 1 aromatic carbocycles. The van der Waals surface area contributed by atoms with Crippen molar-refractivity contribution in [3.05, 3.63) is 69.7 Å². The quantitative estimate of drug-likeness (QED) is 0.493. The summed E-state index contributed by atoms with van der Waals surface area (Å²) in [6.07, 6.45) is 0. The van der Waals surface area contributed by atoms with Gasteiger partial charge in [0.15, 0.2) is 0 Å². The first kappa shape index (κ1) is 18.8. The van der Waals surface area contributed by atoms with Gasteiger partial charge in [-0.3, -0.25) is 4.79 Å². The summed E-state index contributed by atoms with van der Waals surface area (Å²) in [5, 5.41) is 13.6. The van der Waals surface area contributed by atoms with Crippen molar-refractivity contribution in [2.24, 2.45) is 0 Å². The lowest BCUT2D eigenvalue weighted by Gasteiger charge is -2.18. The predicted octanol–water partition coefficient (Wildman–Crippen LogP) is 4.71. The molecule has 0 saturated heterocycles. The predicted molar refractivity (Wildman–Crippen MR) is 112 cm³/mol. The van der Waals surface area contributed by atoms with Crippen LogP contribution in [0.15, 0.2) is 47.0 Å². The molecule has 0 aliphatic rings. The molecule has 6 nitrogen and oxygen atoms in total. The summed E-state index contributed by atoms with van der Waals surface area (Å²) in [6.45, 7) is 4.26. The molecular formula is C22H18N4O2S. The summed E-state index contributed by atoms with van der Waals surface area (Å²) in [5.41, 5.74) is 3.75. The maximum atomic E-state index is 13.3. The molecule has 3 heterocycles. The van der Waals surface area contributed by atoms with E-state index in [0.717, 1.165) is 10.4 Å². The monoisotopic (exact) mass is 402 g/mol. The van der Waals surface area contributed by atoms with Gasteiger partial charge in [0.2, 0.25) is 0 Å². The van der Waals surface area contributed by atoms with Crippen LogP contribution in [0, 0.1) is 25.2 Å². The summed E-state index contributed by atoms with van der Waals surface area (Å²) in [5.74, 6) is -0.136. The Morgan fingerprint density at radius 2 is 1.97 bits per heavy atom. The summed E-state index contributed by atoms with van der Waals surface area (Å²) in [7, 11) is 1.75. The van der Waals surface area contributed by atoms with E-state index < -0.39 is 0 Å². The Kier molecular flexibility index (Phi) is 4.87. The van der Waals surface area contributed by atoms with Gasteiger partial charge < -0.3 is 9.42 Å². The van der Waals surface area contributed by atoms with Crippen molar-refractivity contribution in [3.8, 4) is 16.6 Å². The molecule has 1 amide bonds. The van der Waals surface area contributed by atoms with Gasteiger partial charge in [-0.25, -0.2) is 4.98 Å². The molecule has 0 radical (unpaired) electrons. The van der Waals surface area contributed by atoms with E-state index in [2.05, 4.69) is 16.2 Å². The van der Waals surface area contributed by atoms with Crippen LogP contribution in [-0.4, -0.2) is 28.0 Å². The van der Waals surface area contributed by atoms with E-state index in [0.29, 0.717) is 40.2 Å². The molecule has 0 aliphatic heterocycles. The van der Waals surface area contributed by atoms with Crippen molar-refractivity contribution in [2.75, 3.05) is 7.05 Å². The minimum absolute atomic E-state index is 0.136. The molecule has 29 heavy (non-hydrogen) atoms. The lowest BCUT2D eigenvalue weighted by Crippen LogP contribution is -2.26. The lowest BCUT2D eigenvalue weighted by molar-refractivity contribution is 0.0787. The zero-order chi connectivity index (χ0) is 20.5. The number of fused-ring (bicyclic) bond motifs is 1. The van der Waals surface area contributed by atoms with Crippen LogP contribution in [0.2, 0.25) is 0 Å². The first-order valence-electron chi connectivity index (χ1n) is 9.04. The Balaban J connectivity index is 1.71. The van der Waals surface area contributed by atoms with E-state index in [1.54, 1.807) is 42.3 Å². The van der Waals surface area contributed by atoms with Crippen LogP contribution in [0.25, 0.3) is 21.7 Å². The van der Waals surface area contributed by atoms with E-state index >= 15 is 0 Å². The SMILES string of the molecule is Cc1ccc(-c2cc(C(=O)N(C)Cc3ccc(C#N)cc3)c3c(C)noc3n2)s1. The highest BCUT2D eigenvalue weighted by Gasteiger charge is 2.22. The van der Waals surface area contributed by atoms with Crippen molar-refractivity contribution in [2.45, 2.75) is 20.4 Å². The van der Waals surface area contributed by atoms with Crippen molar-refractivity contribution < 1.29 is 9.32 Å². The molecular weight excluding hydrogens is 384 g/mol. The van der Waals surface area contributed by atoms with Gasteiger partial charge in [0.05, 0.1) is 38.8 Å². The van der Waals surface area contributed by atoms with Crippen LogP contribution in [0.5, 0.6) is 0 Å². The standard InChI is InChI=1S/C22H18N4O2S/c1-13-4-9-19(29-13)18-10-17(20-14(2)25-28-21(20)24-18)22(27)26(3)12-16-7-5-15(11-23)6-8-16/h4-10H,12H2,1-3H3. The second-order valence-corrected chi connectivity index (χ2v) is 8.17. The van der Waals surface area contributed by atoms with Crippen LogP contribution in [0.4, 0.5) is 0 Å². The first-order chi connectivity index (χ1) is 14.0. The molecule has 0 spiro atoms. The average Bonchev–Trinajstić information content (AvgIpc) is 3.33. The van der Waals surface area contributed by atoms with Gasteiger partial charge in [0.25, 0.3) is 11.6 Å². The van der Waals surface area contributed by atoms with Gasteiger partial charge in [-0.05, 0) is 49.7 Å². The van der Waals surface area contributed by atoms with Gasteiger partial charge in [-0.15, -0.1) is 11.3 Å². The summed E-state index contributed by atoms with van der Waals surface area (Å²) < 4.78 is 5.37.